The van der Waals surface area contributed by atoms with Crippen LogP contribution < -0.4 is 9.47 Å². The summed E-state index contributed by atoms with van der Waals surface area (Å²) in [6.07, 6.45) is 1.40. The lowest BCUT2D eigenvalue weighted by Crippen LogP contribution is -2.33. The second-order valence-corrected chi connectivity index (χ2v) is 7.81. The summed E-state index contributed by atoms with van der Waals surface area (Å²) in [6.45, 7) is -0.650. The minimum absolute atomic E-state index is 0.0403. The van der Waals surface area contributed by atoms with Gasteiger partial charge in [-0.3, -0.25) is 29.4 Å². The summed E-state index contributed by atoms with van der Waals surface area (Å²) in [6, 6.07) is 8.87. The molecule has 1 aliphatic rings. The van der Waals surface area contributed by atoms with E-state index in [2.05, 4.69) is 0 Å². The van der Waals surface area contributed by atoms with Gasteiger partial charge in [-0.2, -0.15) is 0 Å². The molecule has 10 nitrogen and oxygen atoms in total. The number of hydrogen-bond acceptors (Lipinski definition) is 8. The molecule has 0 aliphatic carbocycles. The van der Waals surface area contributed by atoms with Crippen molar-refractivity contribution in [3.05, 3.63) is 67.6 Å². The van der Waals surface area contributed by atoms with E-state index in [1.54, 1.807) is 18.2 Å². The van der Waals surface area contributed by atoms with Gasteiger partial charge >= 0.3 is 5.97 Å². The summed E-state index contributed by atoms with van der Waals surface area (Å²) in [5, 5.41) is 19.1. The fourth-order valence-electron chi connectivity index (χ4n) is 2.76. The molecular formula is C20H15ClN2O8S. The van der Waals surface area contributed by atoms with Crippen molar-refractivity contribution in [1.29, 1.82) is 0 Å². The average Bonchev–Trinajstić information content (AvgIpc) is 2.99. The molecule has 1 fully saturated rings. The molecule has 1 aliphatic heterocycles. The Morgan fingerprint density at radius 2 is 1.97 bits per heavy atom. The third-order valence-corrected chi connectivity index (χ3v) is 5.43. The molecule has 0 aromatic heterocycles. The van der Waals surface area contributed by atoms with Gasteiger partial charge in [-0.1, -0.05) is 11.6 Å². The van der Waals surface area contributed by atoms with Crippen molar-refractivity contribution >= 4 is 52.2 Å². The van der Waals surface area contributed by atoms with Gasteiger partial charge in [0, 0.05) is 12.1 Å². The molecule has 12 heteroatoms. The van der Waals surface area contributed by atoms with Crippen molar-refractivity contribution in [2.45, 2.75) is 6.61 Å². The Bertz CT molecular complexity index is 1130. The van der Waals surface area contributed by atoms with Gasteiger partial charge in [0.2, 0.25) is 0 Å². The van der Waals surface area contributed by atoms with E-state index in [4.69, 9.17) is 26.2 Å². The number of aliphatic carboxylic acids is 1. The number of halogens is 1. The molecule has 2 aromatic rings. The molecule has 2 aromatic carbocycles. The first-order valence-electron chi connectivity index (χ1n) is 8.90. The number of amides is 2. The zero-order valence-electron chi connectivity index (χ0n) is 16.4. The molecule has 0 spiro atoms. The van der Waals surface area contributed by atoms with Crippen molar-refractivity contribution < 1.29 is 33.9 Å². The highest BCUT2D eigenvalue weighted by Gasteiger charge is 2.36. The molecule has 0 radical (unpaired) electrons. The van der Waals surface area contributed by atoms with Crippen LogP contribution in [-0.2, 0) is 16.2 Å². The second kappa shape index (κ2) is 9.71. The molecule has 0 bridgehead atoms. The van der Waals surface area contributed by atoms with Crippen LogP contribution in [0.1, 0.15) is 11.1 Å². The fraction of sp³-hybridized carbons (Fsp3) is 0.150. The topological polar surface area (TPSA) is 136 Å². The van der Waals surface area contributed by atoms with Gasteiger partial charge in [-0.15, -0.1) is 0 Å². The lowest BCUT2D eigenvalue weighted by molar-refractivity contribution is -0.384. The zero-order valence-corrected chi connectivity index (χ0v) is 18.0. The van der Waals surface area contributed by atoms with Crippen molar-refractivity contribution in [2.75, 3.05) is 13.7 Å². The fourth-order valence-corrected chi connectivity index (χ4v) is 3.87. The first kappa shape index (κ1) is 23.1. The SMILES string of the molecule is COc1cc(/C=C2/SC(=O)N(CC(=O)O)C2=O)cc(Cl)c1OCc1ccc([N+](=O)[O-])cc1. The number of imide groups is 1. The van der Waals surface area contributed by atoms with E-state index in [0.29, 0.717) is 27.8 Å². The number of nitro groups is 1. The van der Waals surface area contributed by atoms with Gasteiger partial charge in [0.1, 0.15) is 13.2 Å². The smallest absolute Gasteiger partial charge is 0.323 e. The van der Waals surface area contributed by atoms with Gasteiger partial charge in [0.05, 0.1) is 22.0 Å². The Labute approximate surface area is 190 Å². The highest BCUT2D eigenvalue weighted by molar-refractivity contribution is 8.18. The van der Waals surface area contributed by atoms with Gasteiger partial charge < -0.3 is 14.6 Å². The first-order valence-corrected chi connectivity index (χ1v) is 10.1. The molecular weight excluding hydrogens is 464 g/mol. The van der Waals surface area contributed by atoms with Crippen LogP contribution in [0.15, 0.2) is 41.3 Å². The van der Waals surface area contributed by atoms with Crippen LogP contribution in [0.2, 0.25) is 5.02 Å². The van der Waals surface area contributed by atoms with Crippen molar-refractivity contribution in [1.82, 2.24) is 4.90 Å². The van der Waals surface area contributed by atoms with Crippen LogP contribution in [0.25, 0.3) is 6.08 Å². The third kappa shape index (κ3) is 5.18. The third-order valence-electron chi connectivity index (χ3n) is 4.25. The van der Waals surface area contributed by atoms with Crippen molar-refractivity contribution in [2.24, 2.45) is 0 Å². The summed E-state index contributed by atoms with van der Waals surface area (Å²) in [5.41, 5.74) is 1.07. The van der Waals surface area contributed by atoms with Crippen LogP contribution in [-0.4, -0.2) is 45.7 Å². The van der Waals surface area contributed by atoms with Crippen LogP contribution in [0.4, 0.5) is 10.5 Å². The number of carboxylic acids is 1. The number of non-ortho nitro benzene ring substituents is 1. The number of carbonyl (C=O) groups is 3. The van der Waals surface area contributed by atoms with Crippen molar-refractivity contribution in [3.63, 3.8) is 0 Å². The van der Waals surface area contributed by atoms with E-state index in [9.17, 15) is 24.5 Å². The molecule has 3 rings (SSSR count). The maximum atomic E-state index is 12.3. The Hall–Kier alpha value is -3.57. The molecule has 1 N–H and O–H groups in total. The number of hydrogen-bond donors (Lipinski definition) is 1. The number of carbonyl (C=O) groups excluding carboxylic acids is 2. The monoisotopic (exact) mass is 478 g/mol. The number of methoxy groups -OCH3 is 1. The Morgan fingerprint density at radius 3 is 2.56 bits per heavy atom. The number of thioether (sulfide) groups is 1. The summed E-state index contributed by atoms with van der Waals surface area (Å²) >= 11 is 6.95. The molecule has 1 saturated heterocycles. The zero-order chi connectivity index (χ0) is 23.4. The van der Waals surface area contributed by atoms with Gasteiger partial charge in [0.15, 0.2) is 11.5 Å². The Morgan fingerprint density at radius 1 is 1.28 bits per heavy atom. The van der Waals surface area contributed by atoms with Gasteiger partial charge in [0.25, 0.3) is 16.8 Å². The summed E-state index contributed by atoms with van der Waals surface area (Å²) in [7, 11) is 1.40. The Kier molecular flexibility index (Phi) is 7.01. The molecule has 0 unspecified atom stereocenters. The van der Waals surface area contributed by atoms with E-state index in [1.165, 1.54) is 31.4 Å². The predicted octanol–water partition coefficient (Wildman–Crippen LogP) is 3.96. The van der Waals surface area contributed by atoms with Gasteiger partial charge in [-0.25, -0.2) is 0 Å². The standard InChI is InChI=1S/C20H15ClN2O8S/c1-30-15-7-12(8-16-19(26)22(9-17(24)25)20(27)32-16)6-14(21)18(15)31-10-11-2-4-13(5-3-11)23(28)29/h2-8H,9-10H2,1H3,(H,24,25)/b16-8+. The van der Waals surface area contributed by atoms with Crippen molar-refractivity contribution in [3.8, 4) is 11.5 Å². The molecule has 2 amide bonds. The maximum Gasteiger partial charge on any atom is 0.323 e. The number of nitro benzene ring substituents is 1. The minimum Gasteiger partial charge on any atom is -0.493 e. The molecule has 166 valence electrons. The summed E-state index contributed by atoms with van der Waals surface area (Å²) in [5.74, 6) is -1.53. The highest BCUT2D eigenvalue weighted by atomic mass is 35.5. The molecule has 32 heavy (non-hydrogen) atoms. The predicted molar refractivity (Wildman–Crippen MR) is 116 cm³/mol. The minimum atomic E-state index is -1.30. The van der Waals surface area contributed by atoms with Gasteiger partial charge in [-0.05, 0) is 53.2 Å². The van der Waals surface area contributed by atoms with E-state index >= 15 is 0 Å². The second-order valence-electron chi connectivity index (χ2n) is 6.41. The van der Waals surface area contributed by atoms with Crippen LogP contribution in [0.3, 0.4) is 0 Å². The number of rotatable bonds is 8. The average molecular weight is 479 g/mol. The number of benzene rings is 2. The Balaban J connectivity index is 1.80. The van der Waals surface area contributed by atoms with E-state index < -0.39 is 28.6 Å². The summed E-state index contributed by atoms with van der Waals surface area (Å²) < 4.78 is 11.0. The lowest BCUT2D eigenvalue weighted by atomic mass is 10.1. The van der Waals surface area contributed by atoms with E-state index in [-0.39, 0.29) is 33.7 Å². The number of nitrogens with zero attached hydrogens (tertiary/aromatic N) is 2. The summed E-state index contributed by atoms with van der Waals surface area (Å²) in [4.78, 5) is 46.0. The van der Waals surface area contributed by atoms with E-state index in [1.807, 2.05) is 0 Å². The normalized spacial score (nSPS) is 14.7. The lowest BCUT2D eigenvalue weighted by Gasteiger charge is -2.13. The van der Waals surface area contributed by atoms with Crippen LogP contribution in [0.5, 0.6) is 11.5 Å². The number of carboxylic acid groups (broad SMARTS) is 1. The molecule has 0 atom stereocenters. The van der Waals surface area contributed by atoms with Crippen LogP contribution >= 0.6 is 23.4 Å². The molecule has 0 saturated carbocycles. The maximum absolute atomic E-state index is 12.3. The molecule has 1 heterocycles. The largest absolute Gasteiger partial charge is 0.493 e. The van der Waals surface area contributed by atoms with E-state index in [0.717, 1.165) is 0 Å². The first-order chi connectivity index (χ1) is 15.2. The van der Waals surface area contributed by atoms with Crippen LogP contribution in [0, 0.1) is 10.1 Å². The number of ether oxygens (including phenoxy) is 2. The quantitative estimate of drug-likeness (QED) is 0.339. The highest BCUT2D eigenvalue weighted by Crippen LogP contribution is 2.39.